The van der Waals surface area contributed by atoms with Gasteiger partial charge in [0.05, 0.1) is 19.1 Å². The number of fused-ring (bicyclic) bond motifs is 1. The van der Waals surface area contributed by atoms with Crippen molar-refractivity contribution in [3.05, 3.63) is 94.6 Å². The van der Waals surface area contributed by atoms with Crippen molar-refractivity contribution in [1.82, 2.24) is 9.80 Å². The van der Waals surface area contributed by atoms with Crippen molar-refractivity contribution in [2.24, 2.45) is 0 Å². The van der Waals surface area contributed by atoms with E-state index in [9.17, 15) is 18.0 Å². The van der Waals surface area contributed by atoms with Crippen LogP contribution in [0.25, 0.3) is 0 Å². The molecule has 5 rings (SSSR count). The lowest BCUT2D eigenvalue weighted by Gasteiger charge is -2.43. The molecule has 2 atom stereocenters. The Kier molecular flexibility index (Phi) is 8.70. The average molecular weight is 590 g/mol. The number of anilines is 1. The minimum atomic E-state index is -4.58. The summed E-state index contributed by atoms with van der Waals surface area (Å²) in [6.07, 6.45) is -4.32. The molecule has 0 bridgehead atoms. The maximum Gasteiger partial charge on any atom is 0.401 e. The largest absolute Gasteiger partial charge is 0.489 e. The highest BCUT2D eigenvalue weighted by atomic mass is 19.4. The zero-order valence-corrected chi connectivity index (χ0v) is 23.1. The van der Waals surface area contributed by atoms with Gasteiger partial charge in [-0.3, -0.25) is 14.6 Å². The number of piperazine rings is 1. The predicted octanol–water partition coefficient (Wildman–Crippen LogP) is 5.65. The molecule has 1 unspecified atom stereocenters. The van der Waals surface area contributed by atoms with Crippen LogP contribution >= 0.6 is 0 Å². The van der Waals surface area contributed by atoms with Crippen LogP contribution in [0.5, 0.6) is 5.75 Å². The van der Waals surface area contributed by atoms with Crippen LogP contribution in [-0.4, -0.2) is 72.4 Å². The highest BCUT2D eigenvalue weighted by Crippen LogP contribution is 2.43. The molecule has 6 nitrogen and oxygen atoms in total. The van der Waals surface area contributed by atoms with E-state index in [0.717, 1.165) is 22.6 Å². The van der Waals surface area contributed by atoms with Crippen molar-refractivity contribution < 1.29 is 36.6 Å². The van der Waals surface area contributed by atoms with Gasteiger partial charge in [0.2, 0.25) is 0 Å². The molecular weight excluding hydrogens is 557 g/mol. The Balaban J connectivity index is 1.46. The van der Waals surface area contributed by atoms with E-state index in [4.69, 9.17) is 9.84 Å². The molecule has 0 aromatic heterocycles. The number of nitrogens with zero attached hydrogens (tertiary/aromatic N) is 3. The summed E-state index contributed by atoms with van der Waals surface area (Å²) in [4.78, 5) is 15.6. The Morgan fingerprint density at radius 1 is 0.976 bits per heavy atom. The number of ether oxygens (including phenoxy) is 1. The Hall–Kier alpha value is -3.70. The van der Waals surface area contributed by atoms with Gasteiger partial charge in [0.15, 0.2) is 0 Å². The number of halogens is 5. The molecule has 2 heterocycles. The lowest BCUT2D eigenvalue weighted by Crippen LogP contribution is -2.48. The predicted molar refractivity (Wildman–Crippen MR) is 148 cm³/mol. The Morgan fingerprint density at radius 3 is 2.26 bits per heavy atom. The molecule has 0 spiro atoms. The van der Waals surface area contributed by atoms with Crippen LogP contribution in [-0.2, 0) is 17.8 Å². The van der Waals surface area contributed by atoms with Crippen molar-refractivity contribution >= 4 is 11.7 Å². The molecule has 0 saturated carbocycles. The second-order valence-electron chi connectivity index (χ2n) is 10.9. The number of carbonyl (C=O) groups is 1. The van der Waals surface area contributed by atoms with Gasteiger partial charge in [0.25, 0.3) is 0 Å². The third-order valence-electron chi connectivity index (χ3n) is 7.87. The van der Waals surface area contributed by atoms with Crippen LogP contribution in [0.1, 0.15) is 35.2 Å². The van der Waals surface area contributed by atoms with Crippen LogP contribution in [0.15, 0.2) is 60.7 Å². The number of aliphatic carboxylic acids is 1. The van der Waals surface area contributed by atoms with Crippen molar-refractivity contribution in [3.63, 3.8) is 0 Å². The van der Waals surface area contributed by atoms with Crippen LogP contribution in [0.2, 0.25) is 0 Å². The number of alkyl halides is 3. The van der Waals surface area contributed by atoms with Crippen molar-refractivity contribution in [2.45, 2.75) is 38.2 Å². The normalized spacial score (nSPS) is 19.9. The fourth-order valence-electron chi connectivity index (χ4n) is 5.87. The van der Waals surface area contributed by atoms with Gasteiger partial charge < -0.3 is 14.7 Å². The standard InChI is InChI=1S/C31H32F5N3O3/c1-20-13-22-14-24(42-18-21-5-3-2-4-6-21)7-8-25(22)30(39(20)19-31(34,35)36)29-26(32)15-23(16-27(29)33)38-11-9-37(10-12-38)17-28(40)41/h2-8,14-16,20,30H,9-13,17-19H2,1H3,(H,40,41)/t20-,30?/m1/s1. The highest BCUT2D eigenvalue weighted by Gasteiger charge is 2.42. The maximum absolute atomic E-state index is 15.8. The zero-order chi connectivity index (χ0) is 30.0. The van der Waals surface area contributed by atoms with Gasteiger partial charge in [0, 0.05) is 43.5 Å². The van der Waals surface area contributed by atoms with E-state index in [2.05, 4.69) is 0 Å². The molecule has 42 heavy (non-hydrogen) atoms. The van der Waals surface area contributed by atoms with Crippen LogP contribution in [0, 0.1) is 11.6 Å². The van der Waals surface area contributed by atoms with Gasteiger partial charge >= 0.3 is 12.1 Å². The number of hydrogen-bond donors (Lipinski definition) is 1. The third kappa shape index (κ3) is 6.84. The fourth-order valence-corrected chi connectivity index (χ4v) is 5.87. The topological polar surface area (TPSA) is 56.3 Å². The monoisotopic (exact) mass is 589 g/mol. The molecule has 11 heteroatoms. The second kappa shape index (κ2) is 12.3. The van der Waals surface area contributed by atoms with Crippen LogP contribution < -0.4 is 9.64 Å². The Morgan fingerprint density at radius 2 is 1.64 bits per heavy atom. The second-order valence-corrected chi connectivity index (χ2v) is 10.9. The SMILES string of the molecule is C[C@@H]1Cc2cc(OCc3ccccc3)ccc2C(c2c(F)cc(N3CCN(CC(=O)O)CC3)cc2F)N1CC(F)(F)F. The minimum Gasteiger partial charge on any atom is -0.489 e. The molecule has 1 fully saturated rings. The first-order valence-corrected chi connectivity index (χ1v) is 13.8. The Bertz CT molecular complexity index is 1390. The van der Waals surface area contributed by atoms with Crippen molar-refractivity contribution in [2.75, 3.05) is 44.2 Å². The molecule has 3 aromatic rings. The summed E-state index contributed by atoms with van der Waals surface area (Å²) in [5.41, 5.74) is 1.86. The highest BCUT2D eigenvalue weighted by molar-refractivity contribution is 5.69. The first-order valence-electron chi connectivity index (χ1n) is 13.8. The van der Waals surface area contributed by atoms with Gasteiger partial charge in [-0.05, 0) is 54.3 Å². The molecule has 2 aliphatic rings. The molecule has 3 aromatic carbocycles. The van der Waals surface area contributed by atoms with Crippen LogP contribution in [0.4, 0.5) is 27.6 Å². The van der Waals surface area contributed by atoms with E-state index in [1.807, 2.05) is 30.3 Å². The summed E-state index contributed by atoms with van der Waals surface area (Å²) < 4.78 is 78.8. The quantitative estimate of drug-likeness (QED) is 0.343. The molecule has 0 aliphatic carbocycles. The van der Waals surface area contributed by atoms with Gasteiger partial charge in [-0.25, -0.2) is 8.78 Å². The number of carboxylic acid groups (broad SMARTS) is 1. The summed E-state index contributed by atoms with van der Waals surface area (Å²) >= 11 is 0. The number of carboxylic acids is 1. The summed E-state index contributed by atoms with van der Waals surface area (Å²) in [6.45, 7) is 2.01. The molecule has 1 N–H and O–H groups in total. The van der Waals surface area contributed by atoms with Gasteiger partial charge in [-0.1, -0.05) is 36.4 Å². The number of rotatable bonds is 8. The van der Waals surface area contributed by atoms with Crippen molar-refractivity contribution in [1.29, 1.82) is 0 Å². The molecule has 0 radical (unpaired) electrons. The number of hydrogen-bond acceptors (Lipinski definition) is 5. The fraction of sp³-hybridized carbons (Fsp3) is 0.387. The summed E-state index contributed by atoms with van der Waals surface area (Å²) in [5.74, 6) is -2.30. The van der Waals surface area contributed by atoms with Gasteiger partial charge in [0.1, 0.15) is 24.0 Å². The van der Waals surface area contributed by atoms with Gasteiger partial charge in [-0.2, -0.15) is 13.2 Å². The summed E-state index contributed by atoms with van der Waals surface area (Å²) in [7, 11) is 0. The van der Waals surface area contributed by atoms with Crippen molar-refractivity contribution in [3.8, 4) is 5.75 Å². The zero-order valence-electron chi connectivity index (χ0n) is 23.1. The van der Waals surface area contributed by atoms with Crippen LogP contribution in [0.3, 0.4) is 0 Å². The summed E-state index contributed by atoms with van der Waals surface area (Å²) in [6, 6.07) is 14.8. The lowest BCUT2D eigenvalue weighted by atomic mass is 9.84. The smallest absolute Gasteiger partial charge is 0.401 e. The van der Waals surface area contributed by atoms with E-state index in [1.165, 1.54) is 0 Å². The van der Waals surface area contributed by atoms with Gasteiger partial charge in [-0.15, -0.1) is 0 Å². The molecule has 0 amide bonds. The van der Waals surface area contributed by atoms with E-state index < -0.39 is 48.0 Å². The Labute approximate surface area is 240 Å². The lowest BCUT2D eigenvalue weighted by molar-refractivity contribution is -0.155. The summed E-state index contributed by atoms with van der Waals surface area (Å²) in [5, 5.41) is 9.01. The first kappa shape index (κ1) is 29.8. The molecule has 224 valence electrons. The first-order chi connectivity index (χ1) is 20.0. The molecular formula is C31H32F5N3O3. The minimum absolute atomic E-state index is 0.122. The third-order valence-corrected chi connectivity index (χ3v) is 7.87. The van der Waals surface area contributed by atoms with E-state index in [1.54, 1.807) is 34.9 Å². The van der Waals surface area contributed by atoms with E-state index in [-0.39, 0.29) is 18.7 Å². The number of benzene rings is 3. The molecule has 2 aliphatic heterocycles. The van der Waals surface area contributed by atoms with E-state index in [0.29, 0.717) is 49.7 Å². The van der Waals surface area contributed by atoms with E-state index >= 15 is 8.78 Å². The maximum atomic E-state index is 15.8. The molecule has 1 saturated heterocycles. The average Bonchev–Trinajstić information content (AvgIpc) is 2.93.